The van der Waals surface area contributed by atoms with E-state index in [4.69, 9.17) is 4.98 Å². The topological polar surface area (TPSA) is 31.4 Å². The van der Waals surface area contributed by atoms with E-state index in [-0.39, 0.29) is 0 Å². The molecule has 0 aliphatic carbocycles. The molecule has 0 spiro atoms. The van der Waals surface area contributed by atoms with Crippen molar-refractivity contribution in [2.45, 2.75) is 26.9 Å². The van der Waals surface area contributed by atoms with E-state index in [1.165, 1.54) is 0 Å². The highest BCUT2D eigenvalue weighted by atomic mass is 15.2. The molecule has 0 unspecified atom stereocenters. The lowest BCUT2D eigenvalue weighted by Gasteiger charge is -2.19. The van der Waals surface area contributed by atoms with Gasteiger partial charge in [-0.2, -0.15) is 0 Å². The lowest BCUT2D eigenvalue weighted by Crippen LogP contribution is -2.28. The first-order chi connectivity index (χ1) is 9.47. The Hall–Kier alpha value is -0.970. The van der Waals surface area contributed by atoms with Crippen LogP contribution in [0.4, 0.5) is 0 Å². The second-order valence-electron chi connectivity index (χ2n) is 6.19. The summed E-state index contributed by atoms with van der Waals surface area (Å²) in [7, 11) is 6.36. The summed E-state index contributed by atoms with van der Waals surface area (Å²) in [4.78, 5) is 9.24. The molecule has 1 heterocycles. The van der Waals surface area contributed by atoms with Crippen LogP contribution in [0.5, 0.6) is 0 Å². The van der Waals surface area contributed by atoms with Crippen LogP contribution in [0.25, 0.3) is 0 Å². The van der Waals surface area contributed by atoms with E-state index in [2.05, 4.69) is 68.3 Å². The highest BCUT2D eigenvalue weighted by Gasteiger charge is 2.03. The second kappa shape index (κ2) is 9.06. The van der Waals surface area contributed by atoms with Crippen LogP contribution >= 0.6 is 0 Å². The molecule has 0 atom stereocenters. The molecule has 20 heavy (non-hydrogen) atoms. The van der Waals surface area contributed by atoms with Gasteiger partial charge in [0.2, 0.25) is 0 Å². The highest BCUT2D eigenvalue weighted by Crippen LogP contribution is 2.03. The summed E-state index contributed by atoms with van der Waals surface area (Å²) in [6, 6.07) is 6.31. The number of pyridine rings is 1. The maximum absolute atomic E-state index is 4.72. The van der Waals surface area contributed by atoms with Gasteiger partial charge in [0.1, 0.15) is 0 Å². The number of hydrogen-bond acceptors (Lipinski definition) is 4. The molecule has 4 nitrogen and oxygen atoms in total. The van der Waals surface area contributed by atoms with Crippen molar-refractivity contribution in [1.29, 1.82) is 0 Å². The van der Waals surface area contributed by atoms with E-state index in [0.29, 0.717) is 5.92 Å². The lowest BCUT2D eigenvalue weighted by atomic mass is 10.2. The highest BCUT2D eigenvalue weighted by molar-refractivity contribution is 5.11. The van der Waals surface area contributed by atoms with Crippen molar-refractivity contribution in [2.24, 2.45) is 5.92 Å². The fourth-order valence-corrected chi connectivity index (χ4v) is 1.93. The van der Waals surface area contributed by atoms with Gasteiger partial charge in [0.05, 0.1) is 11.4 Å². The largest absolute Gasteiger partial charge is 0.311 e. The number of aromatic nitrogens is 1. The fraction of sp³-hybridized carbons (Fsp3) is 0.688. The Morgan fingerprint density at radius 2 is 1.80 bits per heavy atom. The maximum atomic E-state index is 4.72. The minimum absolute atomic E-state index is 0.676. The average Bonchev–Trinajstić information content (AvgIpc) is 2.36. The fourth-order valence-electron chi connectivity index (χ4n) is 1.93. The summed E-state index contributed by atoms with van der Waals surface area (Å²) >= 11 is 0. The lowest BCUT2D eigenvalue weighted by molar-refractivity contribution is 0.274. The molecule has 0 bridgehead atoms. The van der Waals surface area contributed by atoms with Crippen LogP contribution in [0.2, 0.25) is 0 Å². The number of hydrogen-bond donors (Lipinski definition) is 1. The minimum Gasteiger partial charge on any atom is -0.311 e. The predicted octanol–water partition coefficient (Wildman–Crippen LogP) is 1.82. The van der Waals surface area contributed by atoms with Gasteiger partial charge in [0.25, 0.3) is 0 Å². The van der Waals surface area contributed by atoms with Gasteiger partial charge in [-0.05, 0) is 45.7 Å². The minimum atomic E-state index is 0.676. The summed E-state index contributed by atoms with van der Waals surface area (Å²) in [6.07, 6.45) is 0. The molecule has 1 aromatic rings. The average molecular weight is 278 g/mol. The summed E-state index contributed by atoms with van der Waals surface area (Å²) in [6.45, 7) is 9.37. The zero-order valence-corrected chi connectivity index (χ0v) is 13.7. The van der Waals surface area contributed by atoms with Crippen LogP contribution in [0.3, 0.4) is 0 Å². The third-order valence-electron chi connectivity index (χ3n) is 3.08. The molecule has 0 saturated carbocycles. The Morgan fingerprint density at radius 1 is 1.10 bits per heavy atom. The molecular formula is C16H30N4. The van der Waals surface area contributed by atoms with Crippen molar-refractivity contribution in [3.8, 4) is 0 Å². The normalized spacial score (nSPS) is 11.8. The van der Waals surface area contributed by atoms with E-state index in [0.717, 1.165) is 44.1 Å². The summed E-state index contributed by atoms with van der Waals surface area (Å²) in [5.74, 6) is 0.676. The van der Waals surface area contributed by atoms with Gasteiger partial charge in [-0.15, -0.1) is 0 Å². The van der Waals surface area contributed by atoms with Gasteiger partial charge in [-0.25, -0.2) is 0 Å². The molecule has 0 fully saturated rings. The third kappa shape index (κ3) is 7.58. The molecule has 114 valence electrons. The first kappa shape index (κ1) is 17.1. The summed E-state index contributed by atoms with van der Waals surface area (Å²) < 4.78 is 0. The molecule has 4 heteroatoms. The van der Waals surface area contributed by atoms with Crippen LogP contribution in [-0.4, -0.2) is 55.6 Å². The van der Waals surface area contributed by atoms with Crippen molar-refractivity contribution >= 4 is 0 Å². The Kier molecular flexibility index (Phi) is 7.73. The number of nitrogens with one attached hydrogen (secondary N) is 1. The van der Waals surface area contributed by atoms with Gasteiger partial charge in [0.15, 0.2) is 0 Å². The Morgan fingerprint density at radius 3 is 2.45 bits per heavy atom. The van der Waals surface area contributed by atoms with Gasteiger partial charge in [0, 0.05) is 26.2 Å². The van der Waals surface area contributed by atoms with Gasteiger partial charge in [-0.3, -0.25) is 9.88 Å². The maximum Gasteiger partial charge on any atom is 0.0547 e. The molecular weight excluding hydrogens is 248 g/mol. The van der Waals surface area contributed by atoms with Gasteiger partial charge < -0.3 is 10.2 Å². The monoisotopic (exact) mass is 278 g/mol. The molecule has 0 aromatic carbocycles. The Balaban J connectivity index is 2.42. The van der Waals surface area contributed by atoms with Crippen molar-refractivity contribution < 1.29 is 0 Å². The zero-order chi connectivity index (χ0) is 15.0. The van der Waals surface area contributed by atoms with Crippen molar-refractivity contribution in [1.82, 2.24) is 20.1 Å². The van der Waals surface area contributed by atoms with Gasteiger partial charge >= 0.3 is 0 Å². The second-order valence-corrected chi connectivity index (χ2v) is 6.19. The molecule has 0 aliphatic heterocycles. The molecule has 0 aliphatic rings. The van der Waals surface area contributed by atoms with E-state index in [1.807, 2.05) is 0 Å². The number of likely N-dealkylation sites (N-methyl/N-ethyl adjacent to an activating group) is 2. The van der Waals surface area contributed by atoms with Crippen molar-refractivity contribution in [3.63, 3.8) is 0 Å². The zero-order valence-electron chi connectivity index (χ0n) is 13.7. The smallest absolute Gasteiger partial charge is 0.0547 e. The van der Waals surface area contributed by atoms with Gasteiger partial charge in [-0.1, -0.05) is 19.9 Å². The molecule has 1 N–H and O–H groups in total. The first-order valence-electron chi connectivity index (χ1n) is 7.46. The molecule has 0 radical (unpaired) electrons. The van der Waals surface area contributed by atoms with Crippen LogP contribution in [-0.2, 0) is 13.1 Å². The Labute approximate surface area is 124 Å². The summed E-state index contributed by atoms with van der Waals surface area (Å²) in [5, 5.41) is 3.44. The number of nitrogens with zero attached hydrogens (tertiary/aromatic N) is 3. The third-order valence-corrected chi connectivity index (χ3v) is 3.08. The predicted molar refractivity (Wildman–Crippen MR) is 85.7 cm³/mol. The Bertz CT molecular complexity index is 376. The van der Waals surface area contributed by atoms with Crippen molar-refractivity contribution in [2.75, 3.05) is 40.8 Å². The van der Waals surface area contributed by atoms with E-state index in [9.17, 15) is 0 Å². The first-order valence-corrected chi connectivity index (χ1v) is 7.46. The summed E-state index contributed by atoms with van der Waals surface area (Å²) in [5.41, 5.74) is 2.28. The SMILES string of the molecule is CC(C)CNCc1cccc(CN(C)CCN(C)C)n1. The molecule has 0 saturated heterocycles. The quantitative estimate of drug-likeness (QED) is 0.746. The van der Waals surface area contributed by atoms with E-state index < -0.39 is 0 Å². The van der Waals surface area contributed by atoms with E-state index >= 15 is 0 Å². The van der Waals surface area contributed by atoms with E-state index in [1.54, 1.807) is 0 Å². The van der Waals surface area contributed by atoms with Crippen molar-refractivity contribution in [3.05, 3.63) is 29.6 Å². The van der Waals surface area contributed by atoms with Crippen LogP contribution < -0.4 is 5.32 Å². The standard InChI is InChI=1S/C16H30N4/c1-14(2)11-17-12-15-7-6-8-16(18-15)13-20(5)10-9-19(3)4/h6-8,14,17H,9-13H2,1-5H3. The number of rotatable bonds is 9. The van der Waals surface area contributed by atoms with Crippen LogP contribution in [0.15, 0.2) is 18.2 Å². The molecule has 1 aromatic heterocycles. The van der Waals surface area contributed by atoms with Crippen LogP contribution in [0, 0.1) is 5.92 Å². The molecule has 0 amide bonds. The molecule has 1 rings (SSSR count). The van der Waals surface area contributed by atoms with Crippen LogP contribution in [0.1, 0.15) is 25.2 Å².